The van der Waals surface area contributed by atoms with Gasteiger partial charge in [0.05, 0.1) is 0 Å². The lowest BCUT2D eigenvalue weighted by Crippen LogP contribution is -2.53. The van der Waals surface area contributed by atoms with Gasteiger partial charge in [0, 0.05) is 79.7 Å². The van der Waals surface area contributed by atoms with E-state index in [-0.39, 0.29) is 11.5 Å². The number of sulfonamides is 1. The molecule has 3 N–H and O–H groups in total. The highest BCUT2D eigenvalue weighted by molar-refractivity contribution is 7.91. The number of benzene rings is 2. The summed E-state index contributed by atoms with van der Waals surface area (Å²) in [4.78, 5) is 31.7. The van der Waals surface area contributed by atoms with Crippen molar-refractivity contribution < 1.29 is 31.1 Å². The maximum atomic E-state index is 13.5. The number of pyridine rings is 1. The first-order chi connectivity index (χ1) is 25.2. The monoisotopic (exact) mass is 773 g/mol. The van der Waals surface area contributed by atoms with Gasteiger partial charge in [0.2, 0.25) is 16.0 Å². The molecule has 282 valence electrons. The van der Waals surface area contributed by atoms with E-state index in [2.05, 4.69) is 40.1 Å². The Hall–Kier alpha value is -4.45. The van der Waals surface area contributed by atoms with E-state index in [1.165, 1.54) is 12.1 Å². The minimum atomic E-state index is -4.60. The second-order valence-electron chi connectivity index (χ2n) is 13.8. The van der Waals surface area contributed by atoms with Gasteiger partial charge in [-0.25, -0.2) is 13.1 Å². The third kappa shape index (κ3) is 8.53. The predicted molar refractivity (Wildman–Crippen MR) is 195 cm³/mol. The number of nitrogens with zero attached hydrogens (tertiary/aromatic N) is 6. The van der Waals surface area contributed by atoms with E-state index < -0.39 is 51.3 Å². The number of carbonyl (C=O) groups excluding carboxylic acids is 1. The van der Waals surface area contributed by atoms with Crippen LogP contribution in [0.1, 0.15) is 41.6 Å². The highest BCUT2D eigenvalue weighted by Gasteiger charge is 2.56. The summed E-state index contributed by atoms with van der Waals surface area (Å²) in [6.07, 6.45) is 0.536. The fourth-order valence-corrected chi connectivity index (χ4v) is 8.22. The summed E-state index contributed by atoms with van der Waals surface area (Å²) >= 11 is 6.08. The molecule has 3 fully saturated rings. The molecule has 1 amide bonds. The van der Waals surface area contributed by atoms with Gasteiger partial charge in [-0.05, 0) is 79.8 Å². The molecule has 0 spiro atoms. The Bertz CT molecular complexity index is 1970. The first kappa shape index (κ1) is 36.9. The van der Waals surface area contributed by atoms with E-state index in [4.69, 9.17) is 16.3 Å². The zero-order valence-corrected chi connectivity index (χ0v) is 30.4. The number of alkyl halides is 3. The van der Waals surface area contributed by atoms with Gasteiger partial charge in [-0.3, -0.25) is 20.0 Å². The largest absolute Gasteiger partial charge is 0.454 e. The minimum Gasteiger partial charge on any atom is -0.454 e. The van der Waals surface area contributed by atoms with Crippen LogP contribution in [0.2, 0.25) is 5.02 Å². The standard InChI is InChI=1S/C35H39ClF3N9O4S/c1-46-30(42-32(52-23-35(37,38)39)43-31(46)44-34(14-15-34)25-4-6-26(36)7-5-25)41-27-8-2-24(3-9-27)29(49)45-53(50,51)33(12-13-33)22-47-18-20-48(21-19-47)28-10-16-40-17-11-28/h2-11,16-17,31,44H,12-15,18-23H2,1H3,(H,45,49)(H,41,42,43). The number of hydrogen-bond donors (Lipinski definition) is 3. The van der Waals surface area contributed by atoms with Gasteiger partial charge < -0.3 is 19.9 Å². The van der Waals surface area contributed by atoms with Crippen LogP contribution in [0.15, 0.2) is 83.0 Å². The first-order valence-corrected chi connectivity index (χ1v) is 19.0. The molecule has 7 rings (SSSR count). The number of hydrogen-bond acceptors (Lipinski definition) is 12. The average molecular weight is 774 g/mol. The molecule has 0 bridgehead atoms. The molecular formula is C35H39ClF3N9O4S. The SMILES string of the molecule is CN1C(Nc2ccc(C(=O)NS(=O)(=O)C3(CN4CCN(c5ccncc5)CC4)CC3)cc2)=NC(OCC(F)(F)F)=NC1NC1(c2ccc(Cl)cc2)CC1. The van der Waals surface area contributed by atoms with Crippen LogP contribution in [0.4, 0.5) is 24.5 Å². The molecule has 2 aliphatic carbocycles. The second kappa shape index (κ2) is 14.4. The molecule has 4 aliphatic rings. The van der Waals surface area contributed by atoms with Crippen LogP contribution in [0.5, 0.6) is 0 Å². The lowest BCUT2D eigenvalue weighted by atomic mass is 10.1. The Morgan fingerprint density at radius 3 is 2.23 bits per heavy atom. The molecule has 18 heteroatoms. The highest BCUT2D eigenvalue weighted by Crippen LogP contribution is 2.46. The summed E-state index contributed by atoms with van der Waals surface area (Å²) < 4.78 is 72.4. The number of carbonyl (C=O) groups is 1. The van der Waals surface area contributed by atoms with Gasteiger partial charge in [-0.1, -0.05) is 23.7 Å². The Kier molecular flexibility index (Phi) is 10.0. The van der Waals surface area contributed by atoms with Crippen molar-refractivity contribution in [3.63, 3.8) is 0 Å². The summed E-state index contributed by atoms with van der Waals surface area (Å²) in [5.74, 6) is -0.618. The molecule has 13 nitrogen and oxygen atoms in total. The van der Waals surface area contributed by atoms with Gasteiger partial charge in [0.25, 0.3) is 5.91 Å². The number of piperazine rings is 1. The van der Waals surface area contributed by atoms with Gasteiger partial charge in [0.1, 0.15) is 4.75 Å². The van der Waals surface area contributed by atoms with E-state index in [1.54, 1.807) is 48.6 Å². The summed E-state index contributed by atoms with van der Waals surface area (Å²) in [5, 5.41) is 7.07. The normalized spacial score (nSPS) is 21.0. The van der Waals surface area contributed by atoms with Crippen LogP contribution in [-0.4, -0.2) is 105 Å². The lowest BCUT2D eigenvalue weighted by molar-refractivity contribution is -0.156. The summed E-state index contributed by atoms with van der Waals surface area (Å²) in [6, 6.07) is 16.8. The fraction of sp³-hybridized carbons (Fsp3) is 0.429. The Morgan fingerprint density at radius 1 is 0.962 bits per heavy atom. The Labute approximate surface area is 310 Å². The summed E-state index contributed by atoms with van der Waals surface area (Å²) in [5.41, 5.74) is 2.13. The number of aromatic nitrogens is 1. The molecule has 2 aliphatic heterocycles. The van der Waals surface area contributed by atoms with Crippen molar-refractivity contribution in [1.29, 1.82) is 0 Å². The van der Waals surface area contributed by atoms with Crippen molar-refractivity contribution in [3.8, 4) is 0 Å². The first-order valence-electron chi connectivity index (χ1n) is 17.2. The van der Waals surface area contributed by atoms with Crippen molar-refractivity contribution in [2.45, 2.75) is 48.4 Å². The molecule has 1 aromatic heterocycles. The third-order valence-corrected chi connectivity index (χ3v) is 12.4. The van der Waals surface area contributed by atoms with Crippen molar-refractivity contribution in [1.82, 2.24) is 24.8 Å². The van der Waals surface area contributed by atoms with E-state index in [1.807, 2.05) is 24.3 Å². The van der Waals surface area contributed by atoms with Crippen LogP contribution in [0.3, 0.4) is 0 Å². The predicted octanol–water partition coefficient (Wildman–Crippen LogP) is 4.36. The zero-order chi connectivity index (χ0) is 37.4. The molecule has 53 heavy (non-hydrogen) atoms. The topological polar surface area (TPSA) is 144 Å². The Balaban J connectivity index is 0.982. The molecule has 1 saturated heterocycles. The molecule has 3 aromatic rings. The van der Waals surface area contributed by atoms with E-state index >= 15 is 0 Å². The smallest absolute Gasteiger partial charge is 0.422 e. The van der Waals surface area contributed by atoms with E-state index in [9.17, 15) is 26.4 Å². The van der Waals surface area contributed by atoms with Gasteiger partial charge >= 0.3 is 12.2 Å². The molecule has 3 heterocycles. The fourth-order valence-electron chi connectivity index (χ4n) is 6.52. The molecule has 2 aromatic carbocycles. The Morgan fingerprint density at radius 2 is 1.62 bits per heavy atom. The highest BCUT2D eigenvalue weighted by atomic mass is 35.5. The van der Waals surface area contributed by atoms with Crippen molar-refractivity contribution >= 4 is 50.9 Å². The second-order valence-corrected chi connectivity index (χ2v) is 16.3. The van der Waals surface area contributed by atoms with Gasteiger partial charge in [-0.2, -0.15) is 23.2 Å². The number of halogens is 4. The van der Waals surface area contributed by atoms with Crippen molar-refractivity contribution in [3.05, 3.63) is 89.2 Å². The number of ether oxygens (including phenoxy) is 1. The van der Waals surface area contributed by atoms with Crippen LogP contribution in [0, 0.1) is 0 Å². The number of amidine groups is 1. The summed E-state index contributed by atoms with van der Waals surface area (Å²) in [6.45, 7) is 1.68. The van der Waals surface area contributed by atoms with Crippen LogP contribution < -0.4 is 20.3 Å². The zero-order valence-electron chi connectivity index (χ0n) is 28.8. The van der Waals surface area contributed by atoms with Crippen molar-refractivity contribution in [2.75, 3.05) is 56.6 Å². The summed E-state index contributed by atoms with van der Waals surface area (Å²) in [7, 11) is -2.31. The number of guanidine groups is 1. The van der Waals surface area contributed by atoms with Crippen LogP contribution >= 0.6 is 11.6 Å². The lowest BCUT2D eigenvalue weighted by Gasteiger charge is -2.37. The van der Waals surface area contributed by atoms with E-state index in [0.29, 0.717) is 43.2 Å². The molecule has 1 atom stereocenters. The number of aliphatic imine (C=N–C) groups is 2. The quantitative estimate of drug-likeness (QED) is 0.257. The van der Waals surface area contributed by atoms with Gasteiger partial charge in [0.15, 0.2) is 12.9 Å². The van der Waals surface area contributed by atoms with Crippen molar-refractivity contribution in [2.24, 2.45) is 9.98 Å². The van der Waals surface area contributed by atoms with Gasteiger partial charge in [-0.15, -0.1) is 0 Å². The van der Waals surface area contributed by atoms with E-state index in [0.717, 1.165) is 37.2 Å². The van der Waals surface area contributed by atoms with Crippen LogP contribution in [-0.2, 0) is 20.3 Å². The number of anilines is 2. The number of nitrogens with one attached hydrogen (secondary N) is 3. The molecule has 1 unspecified atom stereocenters. The maximum Gasteiger partial charge on any atom is 0.422 e. The number of amides is 1. The molecular weight excluding hydrogens is 735 g/mol. The third-order valence-electron chi connectivity index (χ3n) is 9.97. The van der Waals surface area contributed by atoms with Crippen LogP contribution in [0.25, 0.3) is 0 Å². The number of rotatable bonds is 11. The molecule has 0 radical (unpaired) electrons. The maximum absolute atomic E-state index is 13.5. The molecule has 2 saturated carbocycles. The average Bonchev–Trinajstić information content (AvgIpc) is 4.08. The minimum absolute atomic E-state index is 0.119.